The molecule has 0 aromatic carbocycles. The third kappa shape index (κ3) is 5.71. The van der Waals surface area contributed by atoms with E-state index >= 15 is 0 Å². The van der Waals surface area contributed by atoms with Crippen molar-refractivity contribution in [2.75, 3.05) is 39.9 Å². The average molecular weight is 282 g/mol. The first-order valence-corrected chi connectivity index (χ1v) is 8.67. The molecule has 2 saturated carbocycles. The van der Waals surface area contributed by atoms with Gasteiger partial charge in [0, 0.05) is 32.3 Å². The van der Waals surface area contributed by atoms with Gasteiger partial charge in [0.1, 0.15) is 0 Å². The summed E-state index contributed by atoms with van der Waals surface area (Å²) in [5, 5.41) is 3.74. The highest BCUT2D eigenvalue weighted by Gasteiger charge is 2.30. The molecule has 0 bridgehead atoms. The molecule has 2 aliphatic rings. The molecule has 2 rings (SSSR count). The molecule has 20 heavy (non-hydrogen) atoms. The molecule has 2 aliphatic carbocycles. The summed E-state index contributed by atoms with van der Waals surface area (Å²) in [6.07, 6.45) is 8.06. The second kappa shape index (κ2) is 7.77. The van der Waals surface area contributed by atoms with Crippen molar-refractivity contribution in [3.8, 4) is 0 Å². The Kier molecular flexibility index (Phi) is 6.31. The van der Waals surface area contributed by atoms with Gasteiger partial charge in [0.25, 0.3) is 0 Å². The van der Waals surface area contributed by atoms with Crippen LogP contribution in [-0.4, -0.2) is 50.8 Å². The minimum absolute atomic E-state index is 0.438. The van der Waals surface area contributed by atoms with Crippen LogP contribution >= 0.6 is 0 Å². The highest BCUT2D eigenvalue weighted by molar-refractivity contribution is 4.88. The van der Waals surface area contributed by atoms with E-state index in [0.29, 0.717) is 5.41 Å². The molecular weight excluding hydrogens is 248 g/mol. The van der Waals surface area contributed by atoms with E-state index in [1.807, 2.05) is 0 Å². The Bertz CT molecular complexity index is 270. The van der Waals surface area contributed by atoms with Gasteiger partial charge in [-0.2, -0.15) is 0 Å². The Balaban J connectivity index is 1.64. The second-order valence-electron chi connectivity index (χ2n) is 7.12. The van der Waals surface area contributed by atoms with Gasteiger partial charge in [0.05, 0.1) is 6.61 Å². The molecule has 0 unspecified atom stereocenters. The van der Waals surface area contributed by atoms with E-state index in [9.17, 15) is 0 Å². The first kappa shape index (κ1) is 16.3. The zero-order valence-corrected chi connectivity index (χ0v) is 13.8. The molecular formula is C17H34N2O. The van der Waals surface area contributed by atoms with Crippen LogP contribution < -0.4 is 5.32 Å². The van der Waals surface area contributed by atoms with Crippen LogP contribution in [0.5, 0.6) is 0 Å². The van der Waals surface area contributed by atoms with Gasteiger partial charge in [-0.25, -0.2) is 0 Å². The number of ether oxygens (including phenoxy) is 1. The predicted octanol–water partition coefficient (Wildman–Crippen LogP) is 2.90. The van der Waals surface area contributed by atoms with Gasteiger partial charge in [-0.05, 0) is 56.9 Å². The van der Waals surface area contributed by atoms with Crippen molar-refractivity contribution in [1.82, 2.24) is 10.2 Å². The monoisotopic (exact) mass is 282 g/mol. The van der Waals surface area contributed by atoms with Crippen molar-refractivity contribution >= 4 is 0 Å². The first-order valence-electron chi connectivity index (χ1n) is 8.67. The topological polar surface area (TPSA) is 24.5 Å². The highest BCUT2D eigenvalue weighted by atomic mass is 16.5. The molecule has 118 valence electrons. The van der Waals surface area contributed by atoms with Crippen LogP contribution in [-0.2, 0) is 4.74 Å². The van der Waals surface area contributed by atoms with Crippen molar-refractivity contribution in [1.29, 1.82) is 0 Å². The van der Waals surface area contributed by atoms with E-state index in [1.165, 1.54) is 51.6 Å². The van der Waals surface area contributed by atoms with Gasteiger partial charge in [0.15, 0.2) is 0 Å². The van der Waals surface area contributed by atoms with Gasteiger partial charge in [-0.3, -0.25) is 0 Å². The lowest BCUT2D eigenvalue weighted by Crippen LogP contribution is -2.43. The number of rotatable bonds is 12. The Labute approximate surface area is 125 Å². The van der Waals surface area contributed by atoms with E-state index in [4.69, 9.17) is 4.74 Å². The molecule has 0 saturated heterocycles. The zero-order chi connectivity index (χ0) is 14.4. The standard InChI is InChI=1S/C17H34N2O/c1-4-17(5-2,13-18-16-8-9-16)14-19(3)10-11-20-12-15-6-7-15/h15-16,18H,4-14H2,1-3H3. The molecule has 0 aromatic heterocycles. The van der Waals surface area contributed by atoms with Crippen LogP contribution in [0, 0.1) is 11.3 Å². The number of nitrogens with one attached hydrogen (secondary N) is 1. The van der Waals surface area contributed by atoms with Crippen LogP contribution in [0.3, 0.4) is 0 Å². The van der Waals surface area contributed by atoms with Crippen molar-refractivity contribution in [2.24, 2.45) is 11.3 Å². The van der Waals surface area contributed by atoms with Crippen LogP contribution in [0.15, 0.2) is 0 Å². The molecule has 0 amide bonds. The molecule has 0 aromatic rings. The van der Waals surface area contributed by atoms with E-state index < -0.39 is 0 Å². The lowest BCUT2D eigenvalue weighted by Gasteiger charge is -2.36. The number of hydrogen-bond acceptors (Lipinski definition) is 3. The molecule has 3 nitrogen and oxygen atoms in total. The number of likely N-dealkylation sites (N-methyl/N-ethyl adjacent to an activating group) is 1. The van der Waals surface area contributed by atoms with Crippen LogP contribution in [0.2, 0.25) is 0 Å². The van der Waals surface area contributed by atoms with Crippen molar-refractivity contribution in [3.05, 3.63) is 0 Å². The third-order valence-electron chi connectivity index (χ3n) is 5.12. The van der Waals surface area contributed by atoms with Gasteiger partial charge >= 0.3 is 0 Å². The maximum atomic E-state index is 5.76. The summed E-state index contributed by atoms with van der Waals surface area (Å²) in [7, 11) is 2.25. The molecule has 1 N–H and O–H groups in total. The minimum atomic E-state index is 0.438. The summed E-state index contributed by atoms with van der Waals surface area (Å²) >= 11 is 0. The summed E-state index contributed by atoms with van der Waals surface area (Å²) in [4.78, 5) is 2.47. The highest BCUT2D eigenvalue weighted by Crippen LogP contribution is 2.30. The maximum Gasteiger partial charge on any atom is 0.0593 e. The normalized spacial score (nSPS) is 19.8. The molecule has 2 fully saturated rings. The van der Waals surface area contributed by atoms with E-state index in [0.717, 1.165) is 31.7 Å². The van der Waals surface area contributed by atoms with E-state index in [-0.39, 0.29) is 0 Å². The van der Waals surface area contributed by atoms with E-state index in [2.05, 4.69) is 31.1 Å². The fourth-order valence-corrected chi connectivity index (χ4v) is 2.83. The van der Waals surface area contributed by atoms with Crippen LogP contribution in [0.4, 0.5) is 0 Å². The zero-order valence-electron chi connectivity index (χ0n) is 13.8. The molecule has 0 aliphatic heterocycles. The minimum Gasteiger partial charge on any atom is -0.380 e. The first-order chi connectivity index (χ1) is 9.67. The molecule has 0 spiro atoms. The van der Waals surface area contributed by atoms with Gasteiger partial charge < -0.3 is 15.0 Å². The summed E-state index contributed by atoms with van der Waals surface area (Å²) in [6, 6.07) is 0.819. The lowest BCUT2D eigenvalue weighted by molar-refractivity contribution is 0.0831. The maximum absolute atomic E-state index is 5.76. The quantitative estimate of drug-likeness (QED) is 0.557. The van der Waals surface area contributed by atoms with Crippen molar-refractivity contribution in [2.45, 2.75) is 58.4 Å². The fourth-order valence-electron chi connectivity index (χ4n) is 2.83. The van der Waals surface area contributed by atoms with Gasteiger partial charge in [-0.1, -0.05) is 13.8 Å². The lowest BCUT2D eigenvalue weighted by atomic mass is 9.81. The summed E-state index contributed by atoms with van der Waals surface area (Å²) in [5.74, 6) is 0.883. The van der Waals surface area contributed by atoms with Crippen LogP contribution in [0.1, 0.15) is 52.4 Å². The number of hydrogen-bond donors (Lipinski definition) is 1. The smallest absolute Gasteiger partial charge is 0.0593 e. The SMILES string of the molecule is CCC(CC)(CNC1CC1)CN(C)CCOCC1CC1. The summed E-state index contributed by atoms with van der Waals surface area (Å²) in [5.41, 5.74) is 0.438. The van der Waals surface area contributed by atoms with Gasteiger partial charge in [-0.15, -0.1) is 0 Å². The average Bonchev–Trinajstić information content (AvgIpc) is 3.34. The Morgan fingerprint density at radius 1 is 1.15 bits per heavy atom. The van der Waals surface area contributed by atoms with Gasteiger partial charge in [0.2, 0.25) is 0 Å². The Morgan fingerprint density at radius 3 is 2.40 bits per heavy atom. The fraction of sp³-hybridized carbons (Fsp3) is 1.00. The Hall–Kier alpha value is -0.120. The van der Waals surface area contributed by atoms with Crippen molar-refractivity contribution < 1.29 is 4.74 Å². The molecule has 0 radical (unpaired) electrons. The Morgan fingerprint density at radius 2 is 1.85 bits per heavy atom. The van der Waals surface area contributed by atoms with Crippen molar-refractivity contribution in [3.63, 3.8) is 0 Å². The summed E-state index contributed by atoms with van der Waals surface area (Å²) in [6.45, 7) is 10.0. The number of nitrogens with zero attached hydrogens (tertiary/aromatic N) is 1. The molecule has 0 atom stereocenters. The molecule has 3 heteroatoms. The molecule has 0 heterocycles. The second-order valence-corrected chi connectivity index (χ2v) is 7.12. The predicted molar refractivity (Wildman–Crippen MR) is 85.1 cm³/mol. The summed E-state index contributed by atoms with van der Waals surface area (Å²) < 4.78 is 5.76. The third-order valence-corrected chi connectivity index (χ3v) is 5.12. The van der Waals surface area contributed by atoms with Crippen LogP contribution in [0.25, 0.3) is 0 Å². The largest absolute Gasteiger partial charge is 0.380 e. The van der Waals surface area contributed by atoms with E-state index in [1.54, 1.807) is 0 Å².